The number of carbonyl (C=O) groups excluding carboxylic acids is 2. The number of hydrogen-bond acceptors (Lipinski definition) is 6. The molecule has 0 aromatic rings. The van der Waals surface area contributed by atoms with E-state index in [1.807, 2.05) is 6.92 Å². The summed E-state index contributed by atoms with van der Waals surface area (Å²) in [5.74, 6) is 1.75. The molecule has 4 saturated carbocycles. The molecular weight excluding hydrogens is 432 g/mol. The molecule has 0 aromatic carbocycles. The van der Waals surface area contributed by atoms with Crippen molar-refractivity contribution in [3.63, 3.8) is 0 Å². The molecule has 6 rings (SSSR count). The van der Waals surface area contributed by atoms with Gasteiger partial charge in [0.25, 0.3) is 0 Å². The zero-order chi connectivity index (χ0) is 24.0. The number of fused-ring (bicyclic) bond motifs is 4. The first-order valence-corrected chi connectivity index (χ1v) is 13.6. The minimum atomic E-state index is -0.689. The number of epoxide rings is 1. The number of cyclic esters (lactones) is 1. The van der Waals surface area contributed by atoms with Crippen molar-refractivity contribution in [3.8, 4) is 0 Å². The van der Waals surface area contributed by atoms with Gasteiger partial charge in [-0.05, 0) is 86.9 Å². The first kappa shape index (κ1) is 23.2. The molecule has 6 nitrogen and oxygen atoms in total. The highest BCUT2D eigenvalue weighted by molar-refractivity contribution is 5.90. The number of rotatable bonds is 4. The molecule has 0 unspecified atom stereocenters. The van der Waals surface area contributed by atoms with Gasteiger partial charge in [-0.1, -0.05) is 19.4 Å². The Kier molecular flexibility index (Phi) is 5.20. The van der Waals surface area contributed by atoms with Gasteiger partial charge in [0.05, 0.1) is 30.3 Å². The van der Waals surface area contributed by atoms with Gasteiger partial charge in [0.1, 0.15) is 17.5 Å². The topological polar surface area (TPSA) is 96.4 Å². The molecule has 0 bridgehead atoms. The molecule has 10 atom stereocenters. The first-order valence-electron chi connectivity index (χ1n) is 13.6. The number of hydrogen-bond donors (Lipinski definition) is 2. The van der Waals surface area contributed by atoms with Crippen LogP contribution >= 0.6 is 0 Å². The van der Waals surface area contributed by atoms with Crippen LogP contribution in [-0.4, -0.2) is 53.0 Å². The fourth-order valence-electron chi connectivity index (χ4n) is 10.1. The molecule has 1 saturated heterocycles. The smallest absolute Gasteiger partial charge is 0.336 e. The summed E-state index contributed by atoms with van der Waals surface area (Å²) in [5, 5.41) is 20.2. The SMILES string of the molecule is CC1=C(CO)C(=O)O[C@@H]([C@@H](C)[C@H]2CC[C@H]3[C@@H]4C[C@H]5O[C@]56CCCC(=O)[C@]6(CO)[C@H]4CC[C@]23C)C1. The predicted octanol–water partition coefficient (Wildman–Crippen LogP) is 3.58. The summed E-state index contributed by atoms with van der Waals surface area (Å²) in [7, 11) is 0. The van der Waals surface area contributed by atoms with Crippen molar-refractivity contribution in [2.45, 2.75) is 96.4 Å². The summed E-state index contributed by atoms with van der Waals surface area (Å²) in [4.78, 5) is 25.9. The Balaban J connectivity index is 1.27. The van der Waals surface area contributed by atoms with E-state index in [2.05, 4.69) is 13.8 Å². The second-order valence-corrected chi connectivity index (χ2v) is 12.7. The monoisotopic (exact) mass is 472 g/mol. The number of esters is 1. The van der Waals surface area contributed by atoms with Crippen LogP contribution in [0.3, 0.4) is 0 Å². The fraction of sp³-hybridized carbons (Fsp3) is 0.857. The number of carbonyl (C=O) groups is 2. The molecule has 0 aromatic heterocycles. The van der Waals surface area contributed by atoms with E-state index in [0.717, 1.165) is 50.5 Å². The second kappa shape index (κ2) is 7.63. The Morgan fingerprint density at radius 2 is 1.91 bits per heavy atom. The standard InChI is InChI=1S/C28H40O6/c1-15-11-22(33-25(32)18(15)13-29)16(2)19-6-7-20-17-12-24-28(34-24)9-4-5-23(31)27(28,14-30)21(17)8-10-26(19,20)3/h16-17,19-22,24,29-30H,4-14H2,1-3H3/t16-,17-,19+,20-,21-,22+,24+,26+,27-,28+/m0/s1. The number of ketones is 1. The molecule has 4 aliphatic carbocycles. The van der Waals surface area contributed by atoms with E-state index in [0.29, 0.717) is 36.2 Å². The maximum Gasteiger partial charge on any atom is 0.336 e. The van der Waals surface area contributed by atoms with Gasteiger partial charge in [0, 0.05) is 12.8 Å². The summed E-state index contributed by atoms with van der Waals surface area (Å²) < 4.78 is 12.2. The van der Waals surface area contributed by atoms with E-state index in [-0.39, 0.29) is 60.0 Å². The zero-order valence-electron chi connectivity index (χ0n) is 20.8. The lowest BCUT2D eigenvalue weighted by Crippen LogP contribution is -2.63. The summed E-state index contributed by atoms with van der Waals surface area (Å²) >= 11 is 0. The van der Waals surface area contributed by atoms with Crippen molar-refractivity contribution in [2.24, 2.45) is 40.4 Å². The van der Waals surface area contributed by atoms with Crippen LogP contribution in [0.4, 0.5) is 0 Å². The van der Waals surface area contributed by atoms with Crippen LogP contribution in [0.15, 0.2) is 11.1 Å². The van der Waals surface area contributed by atoms with Gasteiger partial charge in [-0.15, -0.1) is 0 Å². The zero-order valence-corrected chi connectivity index (χ0v) is 20.8. The Bertz CT molecular complexity index is 941. The number of aliphatic hydroxyl groups excluding tert-OH is 2. The first-order chi connectivity index (χ1) is 16.2. The lowest BCUT2D eigenvalue weighted by molar-refractivity contribution is -0.164. The Morgan fingerprint density at radius 3 is 2.62 bits per heavy atom. The third-order valence-electron chi connectivity index (χ3n) is 11.8. The van der Waals surface area contributed by atoms with Gasteiger partial charge in [-0.25, -0.2) is 4.79 Å². The van der Waals surface area contributed by atoms with E-state index < -0.39 is 5.41 Å². The lowest BCUT2D eigenvalue weighted by Gasteiger charge is -2.58. The van der Waals surface area contributed by atoms with Crippen molar-refractivity contribution in [1.29, 1.82) is 0 Å². The van der Waals surface area contributed by atoms with Crippen LogP contribution in [0.5, 0.6) is 0 Å². The molecule has 2 aliphatic heterocycles. The average Bonchev–Trinajstić information content (AvgIpc) is 3.39. The molecule has 34 heavy (non-hydrogen) atoms. The van der Waals surface area contributed by atoms with Crippen LogP contribution in [0.1, 0.15) is 78.6 Å². The molecule has 6 heteroatoms. The third kappa shape index (κ3) is 2.74. The summed E-state index contributed by atoms with van der Waals surface area (Å²) in [5.41, 5.74) is 0.438. The molecule has 0 radical (unpaired) electrons. The minimum Gasteiger partial charge on any atom is -0.458 e. The highest BCUT2D eigenvalue weighted by atomic mass is 16.6. The number of ether oxygens (including phenoxy) is 2. The maximum absolute atomic E-state index is 13.4. The summed E-state index contributed by atoms with van der Waals surface area (Å²) in [6.07, 6.45) is 8.40. The van der Waals surface area contributed by atoms with E-state index in [4.69, 9.17) is 9.47 Å². The number of aliphatic hydroxyl groups is 2. The van der Waals surface area contributed by atoms with Gasteiger partial charge >= 0.3 is 5.97 Å². The van der Waals surface area contributed by atoms with Crippen molar-refractivity contribution < 1.29 is 29.3 Å². The third-order valence-corrected chi connectivity index (χ3v) is 11.8. The van der Waals surface area contributed by atoms with Gasteiger partial charge in [-0.2, -0.15) is 0 Å². The van der Waals surface area contributed by atoms with E-state index >= 15 is 0 Å². The van der Waals surface area contributed by atoms with Crippen molar-refractivity contribution in [2.75, 3.05) is 13.2 Å². The number of Topliss-reactive ketones (excluding diaryl/α,β-unsaturated/α-hetero) is 1. The van der Waals surface area contributed by atoms with Gasteiger partial charge in [0.2, 0.25) is 0 Å². The molecule has 0 amide bonds. The van der Waals surface area contributed by atoms with Crippen molar-refractivity contribution >= 4 is 11.8 Å². The van der Waals surface area contributed by atoms with Crippen LogP contribution < -0.4 is 0 Å². The predicted molar refractivity (Wildman–Crippen MR) is 125 cm³/mol. The van der Waals surface area contributed by atoms with Crippen LogP contribution in [0.2, 0.25) is 0 Å². The molecule has 2 N–H and O–H groups in total. The van der Waals surface area contributed by atoms with Gasteiger partial charge in [-0.3, -0.25) is 4.79 Å². The molecule has 188 valence electrons. The Morgan fingerprint density at radius 1 is 1.12 bits per heavy atom. The van der Waals surface area contributed by atoms with Crippen LogP contribution in [0, 0.1) is 40.4 Å². The maximum atomic E-state index is 13.4. The Labute approximate surface area is 202 Å². The average molecular weight is 473 g/mol. The van der Waals surface area contributed by atoms with Crippen LogP contribution in [0.25, 0.3) is 0 Å². The normalized spacial score (nSPS) is 50.6. The minimum absolute atomic E-state index is 0.0659. The second-order valence-electron chi connectivity index (χ2n) is 12.7. The van der Waals surface area contributed by atoms with E-state index in [9.17, 15) is 19.8 Å². The van der Waals surface area contributed by atoms with Crippen LogP contribution in [-0.2, 0) is 19.1 Å². The Hall–Kier alpha value is -1.24. The molecule has 1 spiro atoms. The molecule has 6 aliphatic rings. The highest BCUT2D eigenvalue weighted by Gasteiger charge is 2.79. The highest BCUT2D eigenvalue weighted by Crippen LogP contribution is 2.73. The molecule has 5 fully saturated rings. The fourth-order valence-corrected chi connectivity index (χ4v) is 10.1. The molecular formula is C28H40O6. The van der Waals surface area contributed by atoms with Crippen molar-refractivity contribution in [1.82, 2.24) is 0 Å². The summed E-state index contributed by atoms with van der Waals surface area (Å²) in [6, 6.07) is 0. The molecule has 2 heterocycles. The lowest BCUT2D eigenvalue weighted by atomic mass is 9.43. The quantitative estimate of drug-likeness (QED) is 0.480. The largest absolute Gasteiger partial charge is 0.458 e. The van der Waals surface area contributed by atoms with E-state index in [1.54, 1.807) is 0 Å². The summed E-state index contributed by atoms with van der Waals surface area (Å²) in [6.45, 7) is 6.31. The van der Waals surface area contributed by atoms with Gasteiger partial charge in [0.15, 0.2) is 0 Å². The van der Waals surface area contributed by atoms with Crippen molar-refractivity contribution in [3.05, 3.63) is 11.1 Å². The van der Waals surface area contributed by atoms with E-state index in [1.165, 1.54) is 0 Å². The van der Waals surface area contributed by atoms with Gasteiger partial charge < -0.3 is 19.7 Å².